The van der Waals surface area contributed by atoms with Crippen molar-refractivity contribution >= 4 is 27.3 Å². The molecule has 0 spiro atoms. The minimum absolute atomic E-state index is 0.0481. The lowest BCUT2D eigenvalue weighted by molar-refractivity contribution is -0.130. The van der Waals surface area contributed by atoms with Gasteiger partial charge in [-0.25, -0.2) is 8.42 Å². The fourth-order valence-electron chi connectivity index (χ4n) is 2.48. The summed E-state index contributed by atoms with van der Waals surface area (Å²) in [6.07, 6.45) is 2.14. The summed E-state index contributed by atoms with van der Waals surface area (Å²) in [4.78, 5) is 14.6. The Morgan fingerprint density at radius 2 is 1.86 bits per heavy atom. The van der Waals surface area contributed by atoms with Gasteiger partial charge in [0, 0.05) is 31.1 Å². The van der Waals surface area contributed by atoms with Crippen LogP contribution in [0.3, 0.4) is 0 Å². The molecule has 7 heteroatoms. The fraction of sp³-hybridized carbons (Fsp3) is 0.643. The highest BCUT2D eigenvalue weighted by molar-refractivity contribution is 7.91. The number of carbonyl (C=O) groups is 1. The second kappa shape index (κ2) is 6.89. The van der Waals surface area contributed by atoms with E-state index in [0.29, 0.717) is 30.4 Å². The SMILES string of the molecule is CCN(CC)C(=O)Cc1ccc(S(=O)(=O)N2CCCC2)s1. The summed E-state index contributed by atoms with van der Waals surface area (Å²) < 4.78 is 26.7. The van der Waals surface area contributed by atoms with Crippen molar-refractivity contribution in [1.82, 2.24) is 9.21 Å². The van der Waals surface area contributed by atoms with E-state index in [4.69, 9.17) is 0 Å². The highest BCUT2D eigenvalue weighted by Crippen LogP contribution is 2.27. The van der Waals surface area contributed by atoms with Crippen LogP contribution in [0.4, 0.5) is 0 Å². The van der Waals surface area contributed by atoms with Crippen molar-refractivity contribution in [2.75, 3.05) is 26.2 Å². The Morgan fingerprint density at radius 1 is 1.24 bits per heavy atom. The van der Waals surface area contributed by atoms with Gasteiger partial charge in [-0.05, 0) is 38.8 Å². The monoisotopic (exact) mass is 330 g/mol. The first kappa shape index (κ1) is 16.5. The largest absolute Gasteiger partial charge is 0.343 e. The molecule has 1 saturated heterocycles. The van der Waals surface area contributed by atoms with Crippen LogP contribution >= 0.6 is 11.3 Å². The molecule has 0 saturated carbocycles. The van der Waals surface area contributed by atoms with E-state index >= 15 is 0 Å². The molecule has 0 unspecified atom stereocenters. The van der Waals surface area contributed by atoms with Gasteiger partial charge in [-0.1, -0.05) is 0 Å². The standard InChI is InChI=1S/C14H22N2O3S2/c1-3-15(4-2)13(17)11-12-7-8-14(20-12)21(18,19)16-9-5-6-10-16/h7-8H,3-6,9-11H2,1-2H3. The smallest absolute Gasteiger partial charge is 0.252 e. The lowest BCUT2D eigenvalue weighted by Gasteiger charge is -2.17. The Hall–Kier alpha value is -0.920. The Kier molecular flexibility index (Phi) is 5.40. The molecule has 1 aliphatic heterocycles. The average molecular weight is 330 g/mol. The molecule has 21 heavy (non-hydrogen) atoms. The van der Waals surface area contributed by atoms with Crippen molar-refractivity contribution in [2.45, 2.75) is 37.3 Å². The van der Waals surface area contributed by atoms with Crippen LogP contribution < -0.4 is 0 Å². The van der Waals surface area contributed by atoms with E-state index in [2.05, 4.69) is 0 Å². The highest BCUT2D eigenvalue weighted by Gasteiger charge is 2.28. The van der Waals surface area contributed by atoms with Crippen molar-refractivity contribution in [3.63, 3.8) is 0 Å². The molecule has 0 atom stereocenters. The maximum absolute atomic E-state index is 12.4. The van der Waals surface area contributed by atoms with Crippen molar-refractivity contribution < 1.29 is 13.2 Å². The molecular weight excluding hydrogens is 308 g/mol. The number of hydrogen-bond donors (Lipinski definition) is 0. The van der Waals surface area contributed by atoms with Crippen molar-refractivity contribution in [3.05, 3.63) is 17.0 Å². The second-order valence-corrected chi connectivity index (χ2v) is 8.41. The summed E-state index contributed by atoms with van der Waals surface area (Å²) in [5.74, 6) is 0.0481. The summed E-state index contributed by atoms with van der Waals surface area (Å²) in [5, 5.41) is 0. The first-order valence-electron chi connectivity index (χ1n) is 7.35. The first-order chi connectivity index (χ1) is 9.98. The van der Waals surface area contributed by atoms with E-state index in [1.54, 1.807) is 17.0 Å². The zero-order chi connectivity index (χ0) is 15.5. The van der Waals surface area contributed by atoms with Gasteiger partial charge in [0.1, 0.15) is 4.21 Å². The van der Waals surface area contributed by atoms with E-state index in [0.717, 1.165) is 17.7 Å². The molecule has 2 heterocycles. The Morgan fingerprint density at radius 3 is 2.43 bits per heavy atom. The van der Waals surface area contributed by atoms with Crippen LogP contribution in [0, 0.1) is 0 Å². The van der Waals surface area contributed by atoms with Gasteiger partial charge in [0.15, 0.2) is 0 Å². The number of hydrogen-bond acceptors (Lipinski definition) is 4. The number of amides is 1. The Bertz CT molecular complexity index is 585. The minimum Gasteiger partial charge on any atom is -0.343 e. The second-order valence-electron chi connectivity index (χ2n) is 5.07. The number of thiophene rings is 1. The lowest BCUT2D eigenvalue weighted by Crippen LogP contribution is -2.31. The normalized spacial score (nSPS) is 16.3. The van der Waals surface area contributed by atoms with Crippen LogP contribution in [0.25, 0.3) is 0 Å². The molecule has 1 aromatic rings. The molecule has 0 radical (unpaired) electrons. The third-order valence-corrected chi connectivity index (χ3v) is 7.19. The zero-order valence-corrected chi connectivity index (χ0v) is 14.2. The molecule has 1 aliphatic rings. The fourth-order valence-corrected chi connectivity index (χ4v) is 5.50. The molecule has 0 bridgehead atoms. The maximum Gasteiger partial charge on any atom is 0.252 e. The molecule has 0 aromatic carbocycles. The van der Waals surface area contributed by atoms with Crippen LogP contribution in [0.1, 0.15) is 31.6 Å². The van der Waals surface area contributed by atoms with Gasteiger partial charge < -0.3 is 4.90 Å². The predicted octanol–water partition coefficient (Wildman–Crippen LogP) is 1.94. The molecule has 0 aliphatic carbocycles. The van der Waals surface area contributed by atoms with Gasteiger partial charge in [0.05, 0.1) is 6.42 Å². The quantitative estimate of drug-likeness (QED) is 0.801. The predicted molar refractivity (Wildman–Crippen MR) is 83.9 cm³/mol. The topological polar surface area (TPSA) is 57.7 Å². The third kappa shape index (κ3) is 3.64. The molecule has 2 rings (SSSR count). The summed E-state index contributed by atoms with van der Waals surface area (Å²) in [6, 6.07) is 3.39. The van der Waals surface area contributed by atoms with E-state index in [1.807, 2.05) is 13.8 Å². The van der Waals surface area contributed by atoms with Gasteiger partial charge in [0.2, 0.25) is 5.91 Å². The number of carbonyl (C=O) groups excluding carboxylic acids is 1. The summed E-state index contributed by atoms with van der Waals surface area (Å²) in [7, 11) is -3.36. The molecular formula is C14H22N2O3S2. The van der Waals surface area contributed by atoms with Gasteiger partial charge in [-0.3, -0.25) is 4.79 Å². The molecule has 1 aromatic heterocycles. The summed E-state index contributed by atoms with van der Waals surface area (Å²) in [6.45, 7) is 6.46. The van der Waals surface area contributed by atoms with Gasteiger partial charge in [0.25, 0.3) is 10.0 Å². The zero-order valence-electron chi connectivity index (χ0n) is 12.5. The summed E-state index contributed by atoms with van der Waals surface area (Å²) in [5.41, 5.74) is 0. The minimum atomic E-state index is -3.36. The van der Waals surface area contributed by atoms with E-state index < -0.39 is 10.0 Å². The van der Waals surface area contributed by atoms with Crippen molar-refractivity contribution in [2.24, 2.45) is 0 Å². The van der Waals surface area contributed by atoms with Crippen molar-refractivity contribution in [1.29, 1.82) is 0 Å². The molecule has 1 fully saturated rings. The van der Waals surface area contributed by atoms with E-state index in [9.17, 15) is 13.2 Å². The number of nitrogens with zero attached hydrogens (tertiary/aromatic N) is 2. The number of rotatable bonds is 6. The molecule has 1 amide bonds. The maximum atomic E-state index is 12.4. The molecule has 118 valence electrons. The third-order valence-electron chi connectivity index (χ3n) is 3.74. The highest BCUT2D eigenvalue weighted by atomic mass is 32.2. The Labute approximate surface area is 130 Å². The number of sulfonamides is 1. The first-order valence-corrected chi connectivity index (χ1v) is 9.61. The van der Waals surface area contributed by atoms with Crippen LogP contribution in [-0.4, -0.2) is 49.7 Å². The van der Waals surface area contributed by atoms with Gasteiger partial charge in [-0.2, -0.15) is 4.31 Å². The van der Waals surface area contributed by atoms with E-state index in [1.165, 1.54) is 15.6 Å². The van der Waals surface area contributed by atoms with Gasteiger partial charge in [-0.15, -0.1) is 11.3 Å². The van der Waals surface area contributed by atoms with E-state index in [-0.39, 0.29) is 12.3 Å². The Balaban J connectivity index is 2.09. The van der Waals surface area contributed by atoms with Crippen LogP contribution in [-0.2, 0) is 21.2 Å². The van der Waals surface area contributed by atoms with Crippen molar-refractivity contribution in [3.8, 4) is 0 Å². The van der Waals surface area contributed by atoms with Gasteiger partial charge >= 0.3 is 0 Å². The summed E-state index contributed by atoms with van der Waals surface area (Å²) >= 11 is 1.22. The van der Waals surface area contributed by atoms with Crippen LogP contribution in [0.15, 0.2) is 16.3 Å². The molecule has 0 N–H and O–H groups in total. The molecule has 5 nitrogen and oxygen atoms in total. The van der Waals surface area contributed by atoms with Crippen LogP contribution in [0.5, 0.6) is 0 Å². The number of likely N-dealkylation sites (N-methyl/N-ethyl adjacent to an activating group) is 1. The average Bonchev–Trinajstić information content (AvgIpc) is 3.11. The lowest BCUT2D eigenvalue weighted by atomic mass is 10.3. The van der Waals surface area contributed by atoms with Crippen LogP contribution in [0.2, 0.25) is 0 Å².